The number of nitrogens with one attached hydrogen (secondary N) is 1. The molecule has 0 amide bonds. The van der Waals surface area contributed by atoms with Crippen LogP contribution in [0.5, 0.6) is 5.75 Å². The van der Waals surface area contributed by atoms with Crippen molar-refractivity contribution in [2.24, 2.45) is 0 Å². The molecule has 0 heterocycles. The molecule has 0 fully saturated rings. The molecule has 0 spiro atoms. The molecule has 0 aliphatic heterocycles. The molecule has 4 nitrogen and oxygen atoms in total. The molecule has 96 valence electrons. The highest BCUT2D eigenvalue weighted by Crippen LogP contribution is 2.25. The van der Waals surface area contributed by atoms with E-state index in [2.05, 4.69) is 5.32 Å². The first-order chi connectivity index (χ1) is 8.27. The highest BCUT2D eigenvalue weighted by atomic mass is 35.5. The van der Waals surface area contributed by atoms with Crippen molar-refractivity contribution in [3.05, 3.63) is 28.8 Å². The number of aliphatic hydroxyl groups excluding tert-OH is 1. The van der Waals surface area contributed by atoms with E-state index < -0.39 is 0 Å². The lowest BCUT2D eigenvalue weighted by molar-refractivity contribution is 0.199. The van der Waals surface area contributed by atoms with Crippen LogP contribution in [0.25, 0.3) is 0 Å². The Kier molecular flexibility index (Phi) is 6.96. The highest BCUT2D eigenvalue weighted by Gasteiger charge is 2.02. The zero-order chi connectivity index (χ0) is 12.5. The molecule has 0 saturated carbocycles. The van der Waals surface area contributed by atoms with Crippen molar-refractivity contribution in [3.8, 4) is 5.75 Å². The Balaban J connectivity index is 2.44. The van der Waals surface area contributed by atoms with E-state index in [1.54, 1.807) is 7.11 Å². The summed E-state index contributed by atoms with van der Waals surface area (Å²) in [6, 6.07) is 5.61. The number of hydrogen-bond donors (Lipinski definition) is 2. The first-order valence-electron chi connectivity index (χ1n) is 5.49. The first kappa shape index (κ1) is 14.3. The van der Waals surface area contributed by atoms with Gasteiger partial charge in [-0.2, -0.15) is 0 Å². The van der Waals surface area contributed by atoms with Crippen LogP contribution in [0.15, 0.2) is 18.2 Å². The maximum Gasteiger partial charge on any atom is 0.138 e. The van der Waals surface area contributed by atoms with E-state index in [9.17, 15) is 0 Å². The van der Waals surface area contributed by atoms with Gasteiger partial charge in [-0.1, -0.05) is 17.7 Å². The van der Waals surface area contributed by atoms with Crippen LogP contribution in [0.1, 0.15) is 5.56 Å². The lowest BCUT2D eigenvalue weighted by Gasteiger charge is -2.09. The standard InChI is InChI=1S/C12H18ClNO3/c1-16-6-4-14-9-10-2-3-12(11(13)8-10)17-7-5-15/h2-3,8,14-15H,4-7,9H2,1H3. The molecule has 0 bridgehead atoms. The minimum atomic E-state index is -0.0172. The van der Waals surface area contributed by atoms with Gasteiger partial charge in [0, 0.05) is 20.2 Å². The summed E-state index contributed by atoms with van der Waals surface area (Å²) in [5.41, 5.74) is 1.09. The van der Waals surface area contributed by atoms with Crippen molar-refractivity contribution in [2.75, 3.05) is 33.5 Å². The van der Waals surface area contributed by atoms with Gasteiger partial charge in [0.15, 0.2) is 0 Å². The van der Waals surface area contributed by atoms with E-state index in [-0.39, 0.29) is 13.2 Å². The second-order valence-electron chi connectivity index (χ2n) is 3.51. The number of aliphatic hydroxyl groups is 1. The predicted octanol–water partition coefficient (Wildman–Crippen LogP) is 1.45. The molecule has 0 radical (unpaired) electrons. The van der Waals surface area contributed by atoms with Crippen LogP contribution in [0, 0.1) is 0 Å². The topological polar surface area (TPSA) is 50.7 Å². The van der Waals surface area contributed by atoms with E-state index in [0.29, 0.717) is 17.4 Å². The Hall–Kier alpha value is -0.810. The van der Waals surface area contributed by atoms with Gasteiger partial charge in [0.25, 0.3) is 0 Å². The average molecular weight is 260 g/mol. The molecule has 1 rings (SSSR count). The molecular weight excluding hydrogens is 242 g/mol. The van der Waals surface area contributed by atoms with Crippen LogP contribution in [-0.2, 0) is 11.3 Å². The van der Waals surface area contributed by atoms with Crippen LogP contribution in [0.3, 0.4) is 0 Å². The van der Waals surface area contributed by atoms with E-state index in [1.807, 2.05) is 18.2 Å². The minimum absolute atomic E-state index is 0.0172. The Labute approximate surface area is 106 Å². The van der Waals surface area contributed by atoms with E-state index in [4.69, 9.17) is 26.2 Å². The Morgan fingerprint density at radius 2 is 2.18 bits per heavy atom. The summed E-state index contributed by atoms with van der Waals surface area (Å²) in [5.74, 6) is 0.598. The number of benzene rings is 1. The van der Waals surface area contributed by atoms with Crippen molar-refractivity contribution in [1.82, 2.24) is 5.32 Å². The van der Waals surface area contributed by atoms with Crippen LogP contribution >= 0.6 is 11.6 Å². The van der Waals surface area contributed by atoms with Crippen molar-refractivity contribution >= 4 is 11.6 Å². The third-order valence-corrected chi connectivity index (χ3v) is 2.45. The Morgan fingerprint density at radius 3 is 2.82 bits per heavy atom. The van der Waals surface area contributed by atoms with Gasteiger partial charge in [-0.05, 0) is 17.7 Å². The first-order valence-corrected chi connectivity index (χ1v) is 5.87. The number of hydrogen-bond acceptors (Lipinski definition) is 4. The zero-order valence-electron chi connectivity index (χ0n) is 9.91. The van der Waals surface area contributed by atoms with Crippen LogP contribution < -0.4 is 10.1 Å². The number of ether oxygens (including phenoxy) is 2. The summed E-state index contributed by atoms with van der Waals surface area (Å²) in [5, 5.41) is 12.4. The van der Waals surface area contributed by atoms with Crippen LogP contribution in [0.4, 0.5) is 0 Å². The lowest BCUT2D eigenvalue weighted by atomic mass is 10.2. The normalized spacial score (nSPS) is 10.5. The SMILES string of the molecule is COCCNCc1ccc(OCCO)c(Cl)c1. The number of methoxy groups -OCH3 is 1. The van der Waals surface area contributed by atoms with Crippen molar-refractivity contribution in [3.63, 3.8) is 0 Å². The van der Waals surface area contributed by atoms with Gasteiger partial charge < -0.3 is 19.9 Å². The maximum absolute atomic E-state index is 8.65. The summed E-state index contributed by atoms with van der Waals surface area (Å²) >= 11 is 6.05. The van der Waals surface area contributed by atoms with Gasteiger partial charge in [0.2, 0.25) is 0 Å². The van der Waals surface area contributed by atoms with Gasteiger partial charge in [0.05, 0.1) is 18.2 Å². The molecule has 0 aliphatic rings. The predicted molar refractivity (Wildman–Crippen MR) is 67.6 cm³/mol. The molecule has 2 N–H and O–H groups in total. The molecular formula is C12H18ClNO3. The van der Waals surface area contributed by atoms with Gasteiger partial charge in [0.1, 0.15) is 12.4 Å². The fraction of sp³-hybridized carbons (Fsp3) is 0.500. The van der Waals surface area contributed by atoms with Gasteiger partial charge in [-0.25, -0.2) is 0 Å². The smallest absolute Gasteiger partial charge is 0.138 e. The molecule has 0 atom stereocenters. The maximum atomic E-state index is 8.65. The lowest BCUT2D eigenvalue weighted by Crippen LogP contribution is -2.18. The molecule has 5 heteroatoms. The summed E-state index contributed by atoms with van der Waals surface area (Å²) in [6.07, 6.45) is 0. The Morgan fingerprint density at radius 1 is 1.35 bits per heavy atom. The largest absolute Gasteiger partial charge is 0.490 e. The third kappa shape index (κ3) is 5.37. The quantitative estimate of drug-likeness (QED) is 0.694. The van der Waals surface area contributed by atoms with E-state index in [1.165, 1.54) is 0 Å². The number of rotatable bonds is 8. The zero-order valence-corrected chi connectivity index (χ0v) is 10.7. The summed E-state index contributed by atoms with van der Waals surface area (Å²) in [6.45, 7) is 2.47. The average Bonchev–Trinajstić information content (AvgIpc) is 2.34. The van der Waals surface area contributed by atoms with Crippen molar-refractivity contribution in [2.45, 2.75) is 6.54 Å². The van der Waals surface area contributed by atoms with E-state index in [0.717, 1.165) is 18.7 Å². The third-order valence-electron chi connectivity index (χ3n) is 2.16. The molecule has 17 heavy (non-hydrogen) atoms. The Bertz CT molecular complexity index is 334. The summed E-state index contributed by atoms with van der Waals surface area (Å²) in [4.78, 5) is 0. The van der Waals surface area contributed by atoms with Gasteiger partial charge >= 0.3 is 0 Å². The van der Waals surface area contributed by atoms with E-state index >= 15 is 0 Å². The van der Waals surface area contributed by atoms with Gasteiger partial charge in [-0.15, -0.1) is 0 Å². The monoisotopic (exact) mass is 259 g/mol. The molecule has 0 saturated heterocycles. The fourth-order valence-electron chi connectivity index (χ4n) is 1.33. The van der Waals surface area contributed by atoms with Crippen molar-refractivity contribution < 1.29 is 14.6 Å². The highest BCUT2D eigenvalue weighted by molar-refractivity contribution is 6.32. The second kappa shape index (κ2) is 8.31. The fourth-order valence-corrected chi connectivity index (χ4v) is 1.59. The molecule has 1 aromatic carbocycles. The molecule has 0 aromatic heterocycles. The summed E-state index contributed by atoms with van der Waals surface area (Å²) < 4.78 is 10.2. The number of halogens is 1. The van der Waals surface area contributed by atoms with Crippen LogP contribution in [0.2, 0.25) is 5.02 Å². The molecule has 0 aliphatic carbocycles. The summed E-state index contributed by atoms with van der Waals surface area (Å²) in [7, 11) is 1.67. The minimum Gasteiger partial charge on any atom is -0.490 e. The molecule has 1 aromatic rings. The van der Waals surface area contributed by atoms with Crippen molar-refractivity contribution in [1.29, 1.82) is 0 Å². The van der Waals surface area contributed by atoms with Gasteiger partial charge in [-0.3, -0.25) is 0 Å². The second-order valence-corrected chi connectivity index (χ2v) is 3.91. The molecule has 0 unspecified atom stereocenters. The van der Waals surface area contributed by atoms with Crippen LogP contribution in [-0.4, -0.2) is 38.6 Å².